The second-order valence-corrected chi connectivity index (χ2v) is 6.87. The third-order valence-corrected chi connectivity index (χ3v) is 5.08. The Hall–Kier alpha value is -0.550. The number of nitrogens with zero attached hydrogens (tertiary/aromatic N) is 1. The molecule has 0 aliphatic carbocycles. The minimum absolute atomic E-state index is 0.455. The summed E-state index contributed by atoms with van der Waals surface area (Å²) in [7, 11) is 0. The molecule has 0 unspecified atom stereocenters. The fourth-order valence-corrected chi connectivity index (χ4v) is 3.56. The van der Waals surface area contributed by atoms with Crippen LogP contribution < -0.4 is 0 Å². The lowest BCUT2D eigenvalue weighted by atomic mass is 10.1. The van der Waals surface area contributed by atoms with Crippen molar-refractivity contribution in [3.05, 3.63) is 48.8 Å². The standard InChI is InChI=1S/C14H7Br2Cl2NO/c1-6-9(15)2-7(3-10(6)16)14-19-12-5-8(17)4-11(18)13(12)20-14/h2-5H,1H3. The zero-order valence-electron chi connectivity index (χ0n) is 10.2. The zero-order chi connectivity index (χ0) is 14.4. The summed E-state index contributed by atoms with van der Waals surface area (Å²) in [6.07, 6.45) is 0. The molecule has 0 fully saturated rings. The zero-order valence-corrected chi connectivity index (χ0v) is 14.9. The number of hydrogen-bond donors (Lipinski definition) is 0. The first-order chi connectivity index (χ1) is 9.45. The van der Waals surface area contributed by atoms with Gasteiger partial charge in [-0.3, -0.25) is 0 Å². The maximum Gasteiger partial charge on any atom is 0.227 e. The lowest BCUT2D eigenvalue weighted by Crippen LogP contribution is -1.83. The first kappa shape index (κ1) is 14.4. The fraction of sp³-hybridized carbons (Fsp3) is 0.0714. The van der Waals surface area contributed by atoms with Crippen LogP contribution in [0.4, 0.5) is 0 Å². The van der Waals surface area contributed by atoms with Crippen molar-refractivity contribution in [1.29, 1.82) is 0 Å². The van der Waals surface area contributed by atoms with Gasteiger partial charge in [0, 0.05) is 19.5 Å². The van der Waals surface area contributed by atoms with Gasteiger partial charge < -0.3 is 4.42 Å². The van der Waals surface area contributed by atoms with Crippen LogP contribution in [0.15, 0.2) is 37.6 Å². The molecule has 1 heterocycles. The highest BCUT2D eigenvalue weighted by Gasteiger charge is 2.14. The van der Waals surface area contributed by atoms with Gasteiger partial charge in [0.2, 0.25) is 5.89 Å². The van der Waals surface area contributed by atoms with Crippen molar-refractivity contribution in [2.75, 3.05) is 0 Å². The van der Waals surface area contributed by atoms with E-state index in [1.54, 1.807) is 12.1 Å². The summed E-state index contributed by atoms with van der Waals surface area (Å²) in [6, 6.07) is 7.29. The topological polar surface area (TPSA) is 26.0 Å². The van der Waals surface area contributed by atoms with Crippen LogP contribution in [0.3, 0.4) is 0 Å². The molecule has 1 aromatic heterocycles. The fourth-order valence-electron chi connectivity index (χ4n) is 1.85. The predicted octanol–water partition coefficient (Wildman–Crippen LogP) is 6.64. The number of fused-ring (bicyclic) bond motifs is 1. The second kappa shape index (κ2) is 5.34. The molecule has 102 valence electrons. The van der Waals surface area contributed by atoms with Gasteiger partial charge >= 0.3 is 0 Å². The van der Waals surface area contributed by atoms with E-state index in [-0.39, 0.29) is 0 Å². The molecular formula is C14H7Br2Cl2NO. The first-order valence-electron chi connectivity index (χ1n) is 5.67. The van der Waals surface area contributed by atoms with Crippen molar-refractivity contribution in [1.82, 2.24) is 4.98 Å². The minimum atomic E-state index is 0.455. The third-order valence-electron chi connectivity index (χ3n) is 2.94. The van der Waals surface area contributed by atoms with Gasteiger partial charge in [-0.1, -0.05) is 55.1 Å². The Bertz CT molecular complexity index is 806. The van der Waals surface area contributed by atoms with E-state index < -0.39 is 0 Å². The Labute approximate surface area is 142 Å². The van der Waals surface area contributed by atoms with E-state index in [0.717, 1.165) is 20.1 Å². The number of halogens is 4. The Morgan fingerprint density at radius 2 is 1.70 bits per heavy atom. The molecular weight excluding hydrogens is 429 g/mol. The van der Waals surface area contributed by atoms with E-state index in [2.05, 4.69) is 36.8 Å². The summed E-state index contributed by atoms with van der Waals surface area (Å²) in [6.45, 7) is 2.01. The molecule has 0 spiro atoms. The average molecular weight is 436 g/mol. The van der Waals surface area contributed by atoms with Crippen molar-refractivity contribution >= 4 is 66.2 Å². The Balaban J connectivity index is 2.22. The quantitative estimate of drug-likeness (QED) is 0.428. The van der Waals surface area contributed by atoms with Gasteiger partial charge in [0.1, 0.15) is 5.52 Å². The molecule has 0 radical (unpaired) electrons. The molecule has 0 amide bonds. The lowest BCUT2D eigenvalue weighted by Gasteiger charge is -2.03. The molecule has 0 aliphatic rings. The summed E-state index contributed by atoms with van der Waals surface area (Å²) in [4.78, 5) is 4.44. The number of aromatic nitrogens is 1. The molecule has 6 heteroatoms. The van der Waals surface area contributed by atoms with Gasteiger partial charge in [-0.2, -0.15) is 0 Å². The molecule has 0 saturated carbocycles. The van der Waals surface area contributed by atoms with E-state index >= 15 is 0 Å². The summed E-state index contributed by atoms with van der Waals surface area (Å²) in [5, 5.41) is 0.991. The van der Waals surface area contributed by atoms with Gasteiger partial charge in [0.25, 0.3) is 0 Å². The van der Waals surface area contributed by atoms with Crippen molar-refractivity contribution in [3.63, 3.8) is 0 Å². The molecule has 0 N–H and O–H groups in total. The van der Waals surface area contributed by atoms with Gasteiger partial charge in [0.15, 0.2) is 5.58 Å². The molecule has 2 nitrogen and oxygen atoms in total. The normalized spacial score (nSPS) is 11.2. The van der Waals surface area contributed by atoms with E-state index in [1.807, 2.05) is 19.1 Å². The van der Waals surface area contributed by atoms with E-state index in [0.29, 0.717) is 27.0 Å². The second-order valence-electron chi connectivity index (χ2n) is 4.32. The smallest absolute Gasteiger partial charge is 0.227 e. The Kier molecular flexibility index (Phi) is 3.84. The van der Waals surface area contributed by atoms with Gasteiger partial charge in [0.05, 0.1) is 5.02 Å². The van der Waals surface area contributed by atoms with Crippen molar-refractivity contribution in [2.45, 2.75) is 6.92 Å². The molecule has 0 aliphatic heterocycles. The van der Waals surface area contributed by atoms with Gasteiger partial charge in [-0.15, -0.1) is 0 Å². The molecule has 0 atom stereocenters. The van der Waals surface area contributed by atoms with E-state index in [4.69, 9.17) is 27.6 Å². The first-order valence-corrected chi connectivity index (χ1v) is 8.01. The van der Waals surface area contributed by atoms with Crippen LogP contribution >= 0.6 is 55.1 Å². The van der Waals surface area contributed by atoms with Crippen LogP contribution in [-0.2, 0) is 0 Å². The molecule has 20 heavy (non-hydrogen) atoms. The van der Waals surface area contributed by atoms with E-state index in [9.17, 15) is 0 Å². The summed E-state index contributed by atoms with van der Waals surface area (Å²) < 4.78 is 7.71. The Morgan fingerprint density at radius 1 is 1.05 bits per heavy atom. The maximum absolute atomic E-state index is 6.11. The summed E-state index contributed by atoms with van der Waals surface area (Å²) in [5.74, 6) is 0.505. The van der Waals surface area contributed by atoms with Crippen LogP contribution in [0.25, 0.3) is 22.6 Å². The van der Waals surface area contributed by atoms with Crippen LogP contribution in [0.5, 0.6) is 0 Å². The molecule has 0 bridgehead atoms. The van der Waals surface area contributed by atoms with Crippen molar-refractivity contribution < 1.29 is 4.42 Å². The van der Waals surface area contributed by atoms with Crippen molar-refractivity contribution in [3.8, 4) is 11.5 Å². The minimum Gasteiger partial charge on any atom is -0.435 e. The number of benzene rings is 2. The lowest BCUT2D eigenvalue weighted by molar-refractivity contribution is 0.620. The Morgan fingerprint density at radius 3 is 2.35 bits per heavy atom. The van der Waals surface area contributed by atoms with Crippen LogP contribution in [0, 0.1) is 6.92 Å². The maximum atomic E-state index is 6.11. The van der Waals surface area contributed by atoms with Crippen LogP contribution in [-0.4, -0.2) is 4.98 Å². The summed E-state index contributed by atoms with van der Waals surface area (Å²) >= 11 is 19.1. The van der Waals surface area contributed by atoms with Crippen LogP contribution in [0.1, 0.15) is 5.56 Å². The average Bonchev–Trinajstić information content (AvgIpc) is 2.79. The van der Waals surface area contributed by atoms with Crippen LogP contribution in [0.2, 0.25) is 10.0 Å². The molecule has 3 aromatic rings. The van der Waals surface area contributed by atoms with Gasteiger partial charge in [-0.05, 0) is 36.8 Å². The highest BCUT2D eigenvalue weighted by Crippen LogP contribution is 2.35. The third kappa shape index (κ3) is 2.50. The largest absolute Gasteiger partial charge is 0.435 e. The van der Waals surface area contributed by atoms with Gasteiger partial charge in [-0.25, -0.2) is 4.98 Å². The number of oxazole rings is 1. The number of hydrogen-bond acceptors (Lipinski definition) is 2. The predicted molar refractivity (Wildman–Crippen MR) is 89.6 cm³/mol. The molecule has 3 rings (SSSR count). The summed E-state index contributed by atoms with van der Waals surface area (Å²) in [5.41, 5.74) is 3.16. The molecule has 0 saturated heterocycles. The van der Waals surface area contributed by atoms with E-state index in [1.165, 1.54) is 0 Å². The SMILES string of the molecule is Cc1c(Br)cc(-c2nc3cc(Cl)cc(Cl)c3o2)cc1Br. The van der Waals surface area contributed by atoms with Crippen molar-refractivity contribution in [2.24, 2.45) is 0 Å². The number of rotatable bonds is 1. The monoisotopic (exact) mass is 433 g/mol. The highest BCUT2D eigenvalue weighted by molar-refractivity contribution is 9.11. The highest BCUT2D eigenvalue weighted by atomic mass is 79.9. The molecule has 2 aromatic carbocycles.